The normalized spacial score (nSPS) is 10.6. The van der Waals surface area contributed by atoms with Gasteiger partial charge in [0.1, 0.15) is 5.75 Å². The topological polar surface area (TPSA) is 41.6 Å². The number of hydrogen-bond donors (Lipinski definition) is 1. The second kappa shape index (κ2) is 8.39. The summed E-state index contributed by atoms with van der Waals surface area (Å²) in [5.74, 6) is 1.05. The molecule has 0 saturated carbocycles. The van der Waals surface area contributed by atoms with E-state index in [0.717, 1.165) is 30.6 Å². The monoisotopic (exact) mass is 300 g/mol. The van der Waals surface area contributed by atoms with E-state index in [-0.39, 0.29) is 5.91 Å². The van der Waals surface area contributed by atoms with E-state index in [1.165, 1.54) is 5.39 Å². The lowest BCUT2D eigenvalue weighted by Crippen LogP contribution is -2.32. The Hall–Kier alpha value is -2.07. The molecule has 0 aromatic heterocycles. The van der Waals surface area contributed by atoms with E-state index in [2.05, 4.69) is 23.5 Å². The summed E-state index contributed by atoms with van der Waals surface area (Å²) < 4.78 is 5.85. The van der Waals surface area contributed by atoms with Gasteiger partial charge in [0.05, 0.1) is 6.61 Å². The maximum absolute atomic E-state index is 11.9. The van der Waals surface area contributed by atoms with Gasteiger partial charge < -0.3 is 15.0 Å². The van der Waals surface area contributed by atoms with E-state index < -0.39 is 0 Å². The maximum Gasteiger partial charge on any atom is 0.222 e. The highest BCUT2D eigenvalue weighted by molar-refractivity contribution is 5.88. The first-order valence-corrected chi connectivity index (χ1v) is 7.71. The number of carbonyl (C=O) groups is 1. The van der Waals surface area contributed by atoms with Crippen LogP contribution in [0, 0.1) is 0 Å². The number of nitrogens with one attached hydrogen (secondary N) is 1. The van der Waals surface area contributed by atoms with Crippen LogP contribution in [-0.4, -0.2) is 44.6 Å². The molecule has 0 aliphatic carbocycles. The highest BCUT2D eigenvalue weighted by Crippen LogP contribution is 2.25. The number of ether oxygens (including phenoxy) is 1. The van der Waals surface area contributed by atoms with E-state index in [4.69, 9.17) is 4.74 Å². The Bertz CT molecular complexity index is 608. The first-order valence-electron chi connectivity index (χ1n) is 7.71. The van der Waals surface area contributed by atoms with Crippen LogP contribution in [0.3, 0.4) is 0 Å². The minimum atomic E-state index is 0.164. The Morgan fingerprint density at radius 1 is 1.18 bits per heavy atom. The van der Waals surface area contributed by atoms with Gasteiger partial charge in [-0.15, -0.1) is 0 Å². The lowest BCUT2D eigenvalue weighted by molar-refractivity contribution is -0.130. The first kappa shape index (κ1) is 16.3. The van der Waals surface area contributed by atoms with Crippen LogP contribution in [0.25, 0.3) is 10.8 Å². The third-order valence-corrected chi connectivity index (χ3v) is 3.67. The van der Waals surface area contributed by atoms with Crippen LogP contribution < -0.4 is 10.1 Å². The number of benzene rings is 2. The molecule has 2 aromatic rings. The molecule has 1 amide bonds. The third kappa shape index (κ3) is 4.46. The van der Waals surface area contributed by atoms with Gasteiger partial charge in [0.15, 0.2) is 0 Å². The summed E-state index contributed by atoms with van der Waals surface area (Å²) in [5, 5.41) is 5.32. The van der Waals surface area contributed by atoms with Crippen molar-refractivity contribution in [2.75, 3.05) is 33.8 Å². The fraction of sp³-hybridized carbons (Fsp3) is 0.389. The van der Waals surface area contributed by atoms with Gasteiger partial charge in [-0.1, -0.05) is 36.4 Å². The molecule has 2 rings (SSSR count). The average molecular weight is 300 g/mol. The molecule has 0 atom stereocenters. The minimum Gasteiger partial charge on any atom is -0.493 e. The van der Waals surface area contributed by atoms with Gasteiger partial charge in [0, 0.05) is 31.9 Å². The summed E-state index contributed by atoms with van der Waals surface area (Å²) in [5.41, 5.74) is 0. The second-order valence-corrected chi connectivity index (χ2v) is 5.35. The molecule has 0 saturated heterocycles. The van der Waals surface area contributed by atoms with E-state index in [1.54, 1.807) is 4.90 Å². The molecule has 1 N–H and O–H groups in total. The van der Waals surface area contributed by atoms with Crippen LogP contribution in [0.5, 0.6) is 5.75 Å². The van der Waals surface area contributed by atoms with Crippen molar-refractivity contribution in [2.24, 2.45) is 0 Å². The summed E-state index contributed by atoms with van der Waals surface area (Å²) in [6, 6.07) is 14.2. The summed E-state index contributed by atoms with van der Waals surface area (Å²) in [6.45, 7) is 2.11. The van der Waals surface area contributed by atoms with Gasteiger partial charge >= 0.3 is 0 Å². The van der Waals surface area contributed by atoms with Crippen molar-refractivity contribution in [2.45, 2.75) is 12.8 Å². The van der Waals surface area contributed by atoms with Crippen molar-refractivity contribution >= 4 is 16.7 Å². The molecule has 0 aliphatic heterocycles. The van der Waals surface area contributed by atoms with Gasteiger partial charge in [-0.25, -0.2) is 0 Å². The van der Waals surface area contributed by atoms with E-state index >= 15 is 0 Å². The highest BCUT2D eigenvalue weighted by Gasteiger charge is 2.08. The molecular formula is C18H24N2O2. The predicted molar refractivity (Wildman–Crippen MR) is 90.2 cm³/mol. The number of rotatable bonds is 8. The summed E-state index contributed by atoms with van der Waals surface area (Å²) in [6.07, 6.45) is 1.25. The fourth-order valence-corrected chi connectivity index (χ4v) is 2.32. The molecule has 0 spiro atoms. The summed E-state index contributed by atoms with van der Waals surface area (Å²) in [4.78, 5) is 13.7. The van der Waals surface area contributed by atoms with Crippen molar-refractivity contribution < 1.29 is 9.53 Å². The zero-order valence-electron chi connectivity index (χ0n) is 13.3. The van der Waals surface area contributed by atoms with Crippen molar-refractivity contribution in [3.63, 3.8) is 0 Å². The van der Waals surface area contributed by atoms with Crippen molar-refractivity contribution in [1.29, 1.82) is 0 Å². The lowest BCUT2D eigenvalue weighted by Gasteiger charge is -2.17. The van der Waals surface area contributed by atoms with Crippen LogP contribution >= 0.6 is 0 Å². The van der Waals surface area contributed by atoms with Crippen LogP contribution in [0.15, 0.2) is 42.5 Å². The number of amides is 1. The molecule has 0 aliphatic rings. The van der Waals surface area contributed by atoms with Gasteiger partial charge in [-0.2, -0.15) is 0 Å². The van der Waals surface area contributed by atoms with Crippen molar-refractivity contribution in [1.82, 2.24) is 10.2 Å². The summed E-state index contributed by atoms with van der Waals surface area (Å²) in [7, 11) is 3.72. The largest absolute Gasteiger partial charge is 0.493 e. The lowest BCUT2D eigenvalue weighted by atomic mass is 10.1. The number of nitrogens with zero attached hydrogens (tertiary/aromatic N) is 1. The fourth-order valence-electron chi connectivity index (χ4n) is 2.32. The number of fused-ring (bicyclic) bond motifs is 1. The van der Waals surface area contributed by atoms with Crippen LogP contribution in [0.1, 0.15) is 12.8 Å². The van der Waals surface area contributed by atoms with Gasteiger partial charge in [-0.05, 0) is 24.9 Å². The Labute approximate surface area is 132 Å². The zero-order valence-corrected chi connectivity index (χ0v) is 13.3. The van der Waals surface area contributed by atoms with Gasteiger partial charge in [-0.3, -0.25) is 4.79 Å². The number of carbonyl (C=O) groups excluding carboxylic acids is 1. The SMILES string of the molecule is CNCCN(C)C(=O)CCCOc1cccc2ccccc12. The maximum atomic E-state index is 11.9. The van der Waals surface area contributed by atoms with Crippen LogP contribution in [0.4, 0.5) is 0 Å². The van der Waals surface area contributed by atoms with Crippen LogP contribution in [0.2, 0.25) is 0 Å². The summed E-state index contributed by atoms with van der Waals surface area (Å²) >= 11 is 0. The molecule has 4 heteroatoms. The molecule has 118 valence electrons. The molecule has 0 fully saturated rings. The zero-order chi connectivity index (χ0) is 15.8. The molecule has 0 bridgehead atoms. The average Bonchev–Trinajstić information content (AvgIpc) is 2.56. The molecule has 2 aromatic carbocycles. The quantitative estimate of drug-likeness (QED) is 0.762. The Morgan fingerprint density at radius 2 is 1.95 bits per heavy atom. The molecule has 22 heavy (non-hydrogen) atoms. The van der Waals surface area contributed by atoms with Crippen molar-refractivity contribution in [3.8, 4) is 5.75 Å². The van der Waals surface area contributed by atoms with Crippen LogP contribution in [-0.2, 0) is 4.79 Å². The van der Waals surface area contributed by atoms with E-state index in [0.29, 0.717) is 13.0 Å². The smallest absolute Gasteiger partial charge is 0.222 e. The molecule has 0 heterocycles. The van der Waals surface area contributed by atoms with E-state index in [9.17, 15) is 4.79 Å². The predicted octanol–water partition coefficient (Wildman–Crippen LogP) is 2.68. The number of hydrogen-bond acceptors (Lipinski definition) is 3. The van der Waals surface area contributed by atoms with Gasteiger partial charge in [0.25, 0.3) is 0 Å². The second-order valence-electron chi connectivity index (χ2n) is 5.35. The van der Waals surface area contributed by atoms with Gasteiger partial charge in [0.2, 0.25) is 5.91 Å². The molecular weight excluding hydrogens is 276 g/mol. The third-order valence-electron chi connectivity index (χ3n) is 3.67. The molecule has 0 radical (unpaired) electrons. The number of likely N-dealkylation sites (N-methyl/N-ethyl adjacent to an activating group) is 2. The van der Waals surface area contributed by atoms with Crippen molar-refractivity contribution in [3.05, 3.63) is 42.5 Å². The molecule has 4 nitrogen and oxygen atoms in total. The Morgan fingerprint density at radius 3 is 2.77 bits per heavy atom. The Balaban J connectivity index is 1.80. The Kier molecular flexibility index (Phi) is 6.22. The highest BCUT2D eigenvalue weighted by atomic mass is 16.5. The molecule has 0 unspecified atom stereocenters. The van der Waals surface area contributed by atoms with E-state index in [1.807, 2.05) is 38.4 Å². The minimum absolute atomic E-state index is 0.164. The first-order chi connectivity index (χ1) is 10.7. The standard InChI is InChI=1S/C18H24N2O2/c1-19-12-13-20(2)18(21)11-6-14-22-17-10-5-8-15-7-3-4-9-16(15)17/h3-5,7-10,19H,6,11-14H2,1-2H3.